The van der Waals surface area contributed by atoms with E-state index in [0.717, 1.165) is 64.7 Å². The number of nitrogens with two attached hydrogens (primary N) is 1. The van der Waals surface area contributed by atoms with Crippen molar-refractivity contribution in [1.82, 2.24) is 21.0 Å². The molecule has 180 valence electrons. The second-order valence-corrected chi connectivity index (χ2v) is 9.84. The summed E-state index contributed by atoms with van der Waals surface area (Å²) in [7, 11) is 0. The Labute approximate surface area is 192 Å². The van der Waals surface area contributed by atoms with Crippen LogP contribution in [0.2, 0.25) is 0 Å². The molecular weight excluding hydrogens is 406 g/mol. The normalized spacial score (nSPS) is 26.7. The zero-order valence-corrected chi connectivity index (χ0v) is 19.5. The Bertz CT molecular complexity index is 667. The maximum atomic E-state index is 13.6. The van der Waals surface area contributed by atoms with Crippen LogP contribution in [0.15, 0.2) is 0 Å². The highest BCUT2D eigenvalue weighted by molar-refractivity contribution is 5.89. The molecule has 0 radical (unpaired) electrons. The van der Waals surface area contributed by atoms with Gasteiger partial charge in [-0.2, -0.15) is 0 Å². The summed E-state index contributed by atoms with van der Waals surface area (Å²) in [4.78, 5) is 28.6. The Morgan fingerprint density at radius 2 is 2.09 bits per heavy atom. The van der Waals surface area contributed by atoms with E-state index in [1.807, 2.05) is 6.92 Å². The van der Waals surface area contributed by atoms with Gasteiger partial charge in [-0.3, -0.25) is 19.9 Å². The van der Waals surface area contributed by atoms with E-state index in [9.17, 15) is 9.59 Å². The zero-order chi connectivity index (χ0) is 23.0. The molecule has 3 rings (SSSR count). The van der Waals surface area contributed by atoms with Crippen molar-refractivity contribution in [3.8, 4) is 12.3 Å². The van der Waals surface area contributed by atoms with Gasteiger partial charge in [0.15, 0.2) is 0 Å². The molecule has 2 heterocycles. The molecule has 0 aromatic rings. The van der Waals surface area contributed by atoms with E-state index in [1.165, 1.54) is 6.42 Å². The summed E-state index contributed by atoms with van der Waals surface area (Å²) in [6.07, 6.45) is 13.5. The minimum Gasteiger partial charge on any atom is -0.377 e. The SMILES string of the molecule is C#CC[C@H](C[C@H](NC(=O)[C@H](C1CCCC1)N1CC[C@]2(CCNC2)C1)C(=O)NN)OCCC. The van der Waals surface area contributed by atoms with E-state index in [0.29, 0.717) is 25.4 Å². The van der Waals surface area contributed by atoms with E-state index in [1.54, 1.807) is 0 Å². The van der Waals surface area contributed by atoms with Crippen molar-refractivity contribution in [3.05, 3.63) is 0 Å². The van der Waals surface area contributed by atoms with E-state index >= 15 is 0 Å². The van der Waals surface area contributed by atoms with E-state index in [2.05, 4.69) is 26.9 Å². The first-order chi connectivity index (χ1) is 15.5. The van der Waals surface area contributed by atoms with Crippen molar-refractivity contribution in [2.24, 2.45) is 17.2 Å². The zero-order valence-electron chi connectivity index (χ0n) is 19.5. The number of likely N-dealkylation sites (tertiary alicyclic amines) is 1. The fourth-order valence-corrected chi connectivity index (χ4v) is 5.78. The van der Waals surface area contributed by atoms with Crippen LogP contribution in [0.25, 0.3) is 0 Å². The number of carbonyl (C=O) groups excluding carboxylic acids is 2. The number of carbonyl (C=O) groups is 2. The third-order valence-electron chi connectivity index (χ3n) is 7.49. The summed E-state index contributed by atoms with van der Waals surface area (Å²) in [5, 5.41) is 6.52. The predicted molar refractivity (Wildman–Crippen MR) is 124 cm³/mol. The average Bonchev–Trinajstić information content (AvgIpc) is 3.55. The lowest BCUT2D eigenvalue weighted by molar-refractivity contribution is -0.134. The molecule has 32 heavy (non-hydrogen) atoms. The molecular formula is C24H41N5O3. The van der Waals surface area contributed by atoms with Crippen molar-refractivity contribution in [1.29, 1.82) is 0 Å². The summed E-state index contributed by atoms with van der Waals surface area (Å²) in [5.41, 5.74) is 2.50. The Balaban J connectivity index is 1.71. The van der Waals surface area contributed by atoms with Crippen LogP contribution in [0.4, 0.5) is 0 Å². The standard InChI is InChI=1S/C24H41N5O3/c1-3-7-19(32-14-4-2)15-20(22(30)28-25)27-23(31)21(18-8-5-6-9-18)29-13-11-24(17-29)10-12-26-16-24/h1,18-21,26H,4-17,25H2,2H3,(H,27,31)(H,28,30)/t19-,20+,21+,24+/m1/s1. The van der Waals surface area contributed by atoms with Crippen LogP contribution in [-0.2, 0) is 14.3 Å². The predicted octanol–water partition coefficient (Wildman–Crippen LogP) is 0.914. The molecule has 3 aliphatic rings. The van der Waals surface area contributed by atoms with Crippen molar-refractivity contribution in [3.63, 3.8) is 0 Å². The summed E-state index contributed by atoms with van der Waals surface area (Å²) in [6, 6.07) is -0.968. The molecule has 2 amide bonds. The lowest BCUT2D eigenvalue weighted by atomic mass is 9.86. The highest BCUT2D eigenvalue weighted by Crippen LogP contribution is 2.40. The monoisotopic (exact) mass is 447 g/mol. The van der Waals surface area contributed by atoms with Gasteiger partial charge in [-0.1, -0.05) is 19.8 Å². The molecule has 0 bridgehead atoms. The maximum absolute atomic E-state index is 13.6. The number of nitrogens with one attached hydrogen (secondary N) is 3. The first-order valence-electron chi connectivity index (χ1n) is 12.3. The average molecular weight is 448 g/mol. The van der Waals surface area contributed by atoms with Gasteiger partial charge in [-0.15, -0.1) is 12.3 Å². The number of rotatable bonds is 11. The second kappa shape index (κ2) is 12.0. The Morgan fingerprint density at radius 1 is 1.31 bits per heavy atom. The molecule has 4 atom stereocenters. The number of nitrogens with zero attached hydrogens (tertiary/aromatic N) is 1. The maximum Gasteiger partial charge on any atom is 0.256 e. The smallest absolute Gasteiger partial charge is 0.256 e. The van der Waals surface area contributed by atoms with Gasteiger partial charge in [-0.05, 0) is 56.5 Å². The molecule has 2 saturated heterocycles. The van der Waals surface area contributed by atoms with Crippen LogP contribution >= 0.6 is 0 Å². The first kappa shape index (κ1) is 25.0. The number of amides is 2. The lowest BCUT2D eigenvalue weighted by Crippen LogP contribution is -2.57. The Hall–Kier alpha value is -1.66. The molecule has 8 heteroatoms. The van der Waals surface area contributed by atoms with Crippen LogP contribution in [0.5, 0.6) is 0 Å². The van der Waals surface area contributed by atoms with Gasteiger partial charge in [0.25, 0.3) is 5.91 Å². The third kappa shape index (κ3) is 6.22. The lowest BCUT2D eigenvalue weighted by Gasteiger charge is -2.34. The topological polar surface area (TPSA) is 109 Å². The molecule has 0 aromatic heterocycles. The van der Waals surface area contributed by atoms with Gasteiger partial charge >= 0.3 is 0 Å². The Kier molecular flexibility index (Phi) is 9.35. The Morgan fingerprint density at radius 3 is 2.72 bits per heavy atom. The van der Waals surface area contributed by atoms with Crippen LogP contribution in [0.1, 0.15) is 64.7 Å². The fourth-order valence-electron chi connectivity index (χ4n) is 5.78. The summed E-state index contributed by atoms with van der Waals surface area (Å²) in [5.74, 6) is 7.92. The minimum atomic E-state index is -0.767. The van der Waals surface area contributed by atoms with E-state index < -0.39 is 11.9 Å². The summed E-state index contributed by atoms with van der Waals surface area (Å²) < 4.78 is 5.83. The van der Waals surface area contributed by atoms with Gasteiger partial charge in [0.05, 0.1) is 12.1 Å². The van der Waals surface area contributed by atoms with Crippen molar-refractivity contribution >= 4 is 11.8 Å². The van der Waals surface area contributed by atoms with Gasteiger partial charge < -0.3 is 15.4 Å². The number of terminal acetylenes is 1. The largest absolute Gasteiger partial charge is 0.377 e. The highest BCUT2D eigenvalue weighted by atomic mass is 16.5. The summed E-state index contributed by atoms with van der Waals surface area (Å²) in [6.45, 7) is 6.55. The molecule has 5 N–H and O–H groups in total. The van der Waals surface area contributed by atoms with E-state index in [4.69, 9.17) is 17.0 Å². The quantitative estimate of drug-likeness (QED) is 0.162. The number of ether oxygens (including phenoxy) is 1. The number of hydrazine groups is 1. The van der Waals surface area contributed by atoms with Crippen LogP contribution in [0.3, 0.4) is 0 Å². The molecule has 1 aliphatic carbocycles. The second-order valence-electron chi connectivity index (χ2n) is 9.84. The number of hydrogen-bond acceptors (Lipinski definition) is 6. The molecule has 8 nitrogen and oxygen atoms in total. The molecule has 2 aliphatic heterocycles. The van der Waals surface area contributed by atoms with Gasteiger partial charge in [0.1, 0.15) is 6.04 Å². The van der Waals surface area contributed by atoms with Crippen LogP contribution in [-0.4, -0.2) is 67.7 Å². The minimum absolute atomic E-state index is 0.0662. The molecule has 3 fully saturated rings. The molecule has 1 saturated carbocycles. The van der Waals surface area contributed by atoms with Gasteiger partial charge in [-0.25, -0.2) is 5.84 Å². The molecule has 1 spiro atoms. The van der Waals surface area contributed by atoms with Gasteiger partial charge in [0, 0.05) is 32.5 Å². The third-order valence-corrected chi connectivity index (χ3v) is 7.49. The summed E-state index contributed by atoms with van der Waals surface area (Å²) >= 11 is 0. The molecule has 0 aromatic carbocycles. The number of hydrogen-bond donors (Lipinski definition) is 4. The van der Waals surface area contributed by atoms with Crippen molar-refractivity contribution in [2.45, 2.75) is 82.9 Å². The van der Waals surface area contributed by atoms with E-state index in [-0.39, 0.29) is 23.5 Å². The first-order valence-corrected chi connectivity index (χ1v) is 12.3. The van der Waals surface area contributed by atoms with Crippen LogP contribution in [0, 0.1) is 23.7 Å². The van der Waals surface area contributed by atoms with Crippen molar-refractivity contribution < 1.29 is 14.3 Å². The van der Waals surface area contributed by atoms with Crippen molar-refractivity contribution in [2.75, 3.05) is 32.8 Å². The van der Waals surface area contributed by atoms with Gasteiger partial charge in [0.2, 0.25) is 5.91 Å². The fraction of sp³-hybridized carbons (Fsp3) is 0.833. The highest BCUT2D eigenvalue weighted by Gasteiger charge is 2.46. The molecule has 0 unspecified atom stereocenters. The van der Waals surface area contributed by atoms with Crippen LogP contribution < -0.4 is 21.9 Å².